The number of para-hydroxylation sites is 1. The van der Waals surface area contributed by atoms with Crippen molar-refractivity contribution in [3.05, 3.63) is 63.2 Å². The van der Waals surface area contributed by atoms with Crippen molar-refractivity contribution < 1.29 is 9.66 Å². The molecule has 0 saturated heterocycles. The number of aromatic nitrogens is 3. The second-order valence-corrected chi connectivity index (χ2v) is 9.13. The van der Waals surface area contributed by atoms with Crippen molar-refractivity contribution in [2.75, 3.05) is 11.1 Å². The molecule has 0 spiro atoms. The van der Waals surface area contributed by atoms with Crippen molar-refractivity contribution in [3.63, 3.8) is 0 Å². The van der Waals surface area contributed by atoms with Gasteiger partial charge in [-0.1, -0.05) is 74.2 Å². The van der Waals surface area contributed by atoms with Crippen molar-refractivity contribution in [1.29, 1.82) is 0 Å². The summed E-state index contributed by atoms with van der Waals surface area (Å²) >= 11 is 7.94. The van der Waals surface area contributed by atoms with Crippen LogP contribution in [0.3, 0.4) is 0 Å². The van der Waals surface area contributed by atoms with E-state index in [1.807, 2.05) is 24.3 Å². The third-order valence-corrected chi connectivity index (χ3v) is 6.55. The molecule has 1 aliphatic heterocycles. The number of benzene rings is 2. The lowest BCUT2D eigenvalue weighted by Gasteiger charge is -2.20. The zero-order valence-electron chi connectivity index (χ0n) is 18.2. The molecule has 1 unspecified atom stereocenters. The molecule has 10 heteroatoms. The molecule has 0 amide bonds. The number of ether oxygens (including phenoxy) is 1. The zero-order valence-corrected chi connectivity index (χ0v) is 19.7. The average Bonchev–Trinajstić information content (AvgIpc) is 2.98. The fraction of sp³-hybridized carbons (Fsp3) is 0.348. The number of hydrogen-bond acceptors (Lipinski definition) is 8. The van der Waals surface area contributed by atoms with E-state index >= 15 is 0 Å². The Morgan fingerprint density at radius 3 is 2.79 bits per heavy atom. The molecule has 1 aromatic heterocycles. The number of rotatable bonds is 9. The number of anilines is 1. The predicted molar refractivity (Wildman–Crippen MR) is 130 cm³/mol. The Kier molecular flexibility index (Phi) is 7.61. The third-order valence-electron chi connectivity index (χ3n) is 5.29. The summed E-state index contributed by atoms with van der Waals surface area (Å²) in [4.78, 5) is 15.5. The van der Waals surface area contributed by atoms with Gasteiger partial charge in [0.1, 0.15) is 0 Å². The van der Waals surface area contributed by atoms with Crippen molar-refractivity contribution in [2.24, 2.45) is 0 Å². The molecule has 1 N–H and O–H groups in total. The molecule has 3 aromatic rings. The topological polar surface area (TPSA) is 103 Å². The van der Waals surface area contributed by atoms with Gasteiger partial charge in [-0.25, -0.2) is 0 Å². The summed E-state index contributed by atoms with van der Waals surface area (Å²) in [6.07, 6.45) is 5.18. The molecular formula is C23H24ClN5O3S. The number of nitrogens with one attached hydrogen (secondary N) is 1. The Morgan fingerprint density at radius 2 is 1.97 bits per heavy atom. The molecule has 2 heterocycles. The van der Waals surface area contributed by atoms with Crippen LogP contribution in [0.25, 0.3) is 11.3 Å². The quantitative estimate of drug-likeness (QED) is 0.155. The molecular weight excluding hydrogens is 462 g/mol. The number of nitro benzene ring substituents is 1. The minimum Gasteiger partial charge on any atom is -0.448 e. The van der Waals surface area contributed by atoms with Gasteiger partial charge in [0.05, 0.1) is 4.92 Å². The highest BCUT2D eigenvalue weighted by atomic mass is 35.5. The minimum absolute atomic E-state index is 0.0716. The average molecular weight is 486 g/mol. The lowest BCUT2D eigenvalue weighted by Crippen LogP contribution is -2.18. The summed E-state index contributed by atoms with van der Waals surface area (Å²) in [6.45, 7) is 2.20. The molecule has 0 bridgehead atoms. The van der Waals surface area contributed by atoms with Gasteiger partial charge in [0.25, 0.3) is 5.69 Å². The molecule has 2 aromatic carbocycles. The van der Waals surface area contributed by atoms with E-state index in [1.165, 1.54) is 43.9 Å². The Balaban J connectivity index is 1.63. The van der Waals surface area contributed by atoms with Gasteiger partial charge >= 0.3 is 0 Å². The van der Waals surface area contributed by atoms with Gasteiger partial charge in [-0.05, 0) is 18.6 Å². The summed E-state index contributed by atoms with van der Waals surface area (Å²) in [5, 5.41) is 24.2. The number of thioether (sulfide) groups is 1. The number of nitro groups is 1. The fourth-order valence-corrected chi connectivity index (χ4v) is 4.56. The van der Waals surface area contributed by atoms with Crippen LogP contribution in [0.5, 0.6) is 5.88 Å². The van der Waals surface area contributed by atoms with E-state index in [0.717, 1.165) is 23.4 Å². The minimum atomic E-state index is -0.789. The summed E-state index contributed by atoms with van der Waals surface area (Å²) in [6, 6.07) is 11.8. The SMILES string of the molecule is CCCCCCCSc1nnc2c(n1)OC(c1cc([N+](=O)[O-])ccc1Cl)Nc1ccccc1-2. The highest BCUT2D eigenvalue weighted by Gasteiger charge is 2.28. The van der Waals surface area contributed by atoms with Crippen LogP contribution in [0, 0.1) is 10.1 Å². The van der Waals surface area contributed by atoms with E-state index in [9.17, 15) is 10.1 Å². The fourth-order valence-electron chi connectivity index (χ4n) is 3.56. The van der Waals surface area contributed by atoms with Crippen LogP contribution in [0.2, 0.25) is 5.02 Å². The normalized spacial score (nSPS) is 14.4. The van der Waals surface area contributed by atoms with Crippen LogP contribution in [-0.2, 0) is 0 Å². The maximum atomic E-state index is 11.3. The van der Waals surface area contributed by atoms with Crippen LogP contribution in [-0.4, -0.2) is 25.9 Å². The molecule has 172 valence electrons. The standard InChI is InChI=1S/C23H24ClN5O3S/c1-2-3-4-5-8-13-33-23-26-22-20(27-28-23)16-9-6-7-10-19(16)25-21(32-22)17-14-15(29(30)31)11-12-18(17)24/h6-7,9-12,14,21,25H,2-5,8,13H2,1H3. The highest BCUT2D eigenvalue weighted by Crippen LogP contribution is 2.41. The largest absolute Gasteiger partial charge is 0.448 e. The smallest absolute Gasteiger partial charge is 0.270 e. The van der Waals surface area contributed by atoms with Gasteiger partial charge < -0.3 is 10.1 Å². The Labute approximate surface area is 201 Å². The van der Waals surface area contributed by atoms with Crippen LogP contribution in [0.15, 0.2) is 47.6 Å². The van der Waals surface area contributed by atoms with E-state index in [-0.39, 0.29) is 5.69 Å². The monoisotopic (exact) mass is 485 g/mol. The molecule has 0 fully saturated rings. The number of nitrogens with zero attached hydrogens (tertiary/aromatic N) is 4. The van der Waals surface area contributed by atoms with Crippen molar-refractivity contribution in [2.45, 2.75) is 50.4 Å². The van der Waals surface area contributed by atoms with E-state index < -0.39 is 11.2 Å². The van der Waals surface area contributed by atoms with E-state index in [2.05, 4.69) is 27.4 Å². The second-order valence-electron chi connectivity index (χ2n) is 7.66. The van der Waals surface area contributed by atoms with Gasteiger partial charge in [0.2, 0.25) is 11.0 Å². The molecule has 33 heavy (non-hydrogen) atoms. The van der Waals surface area contributed by atoms with E-state index in [1.54, 1.807) is 11.8 Å². The molecule has 0 aliphatic carbocycles. The second kappa shape index (κ2) is 10.8. The molecule has 1 aliphatic rings. The van der Waals surface area contributed by atoms with E-state index in [0.29, 0.717) is 27.3 Å². The lowest BCUT2D eigenvalue weighted by atomic mass is 10.1. The first-order valence-electron chi connectivity index (χ1n) is 10.9. The number of hydrogen-bond donors (Lipinski definition) is 1. The predicted octanol–water partition coefficient (Wildman–Crippen LogP) is 6.67. The van der Waals surface area contributed by atoms with Crippen LogP contribution < -0.4 is 10.1 Å². The third kappa shape index (κ3) is 5.54. The van der Waals surface area contributed by atoms with Crippen LogP contribution in [0.4, 0.5) is 11.4 Å². The summed E-state index contributed by atoms with van der Waals surface area (Å²) < 4.78 is 6.20. The van der Waals surface area contributed by atoms with Crippen molar-refractivity contribution in [1.82, 2.24) is 15.2 Å². The Morgan fingerprint density at radius 1 is 1.15 bits per heavy atom. The molecule has 8 nitrogen and oxygen atoms in total. The van der Waals surface area contributed by atoms with E-state index in [4.69, 9.17) is 16.3 Å². The first kappa shape index (κ1) is 23.3. The van der Waals surface area contributed by atoms with Gasteiger partial charge in [-0.15, -0.1) is 10.2 Å². The first-order valence-corrected chi connectivity index (χ1v) is 12.3. The van der Waals surface area contributed by atoms with Gasteiger partial charge in [-0.3, -0.25) is 10.1 Å². The molecule has 4 rings (SSSR count). The van der Waals surface area contributed by atoms with Gasteiger partial charge in [0, 0.05) is 39.7 Å². The summed E-state index contributed by atoms with van der Waals surface area (Å²) in [5.41, 5.74) is 2.41. The first-order chi connectivity index (χ1) is 16.1. The number of non-ortho nitro benzene ring substituents is 1. The maximum Gasteiger partial charge on any atom is 0.270 e. The summed E-state index contributed by atoms with van der Waals surface area (Å²) in [5.74, 6) is 1.21. The van der Waals surface area contributed by atoms with Crippen LogP contribution in [0.1, 0.15) is 50.8 Å². The molecule has 0 saturated carbocycles. The number of halogens is 1. The van der Waals surface area contributed by atoms with Gasteiger partial charge in [0.15, 0.2) is 11.9 Å². The maximum absolute atomic E-state index is 11.3. The molecule has 0 radical (unpaired) electrons. The highest BCUT2D eigenvalue weighted by molar-refractivity contribution is 7.99. The summed E-state index contributed by atoms with van der Waals surface area (Å²) in [7, 11) is 0. The van der Waals surface area contributed by atoms with Crippen molar-refractivity contribution in [3.8, 4) is 17.1 Å². The lowest BCUT2D eigenvalue weighted by molar-refractivity contribution is -0.385. The zero-order chi connectivity index (χ0) is 23.2. The number of unbranched alkanes of at least 4 members (excludes halogenated alkanes) is 4. The van der Waals surface area contributed by atoms with Crippen molar-refractivity contribution >= 4 is 34.7 Å². The Bertz CT molecular complexity index is 1150. The molecule has 1 atom stereocenters. The Hall–Kier alpha value is -2.91. The van der Waals surface area contributed by atoms with Crippen LogP contribution >= 0.6 is 23.4 Å². The van der Waals surface area contributed by atoms with Gasteiger partial charge in [-0.2, -0.15) is 4.98 Å². The number of fused-ring (bicyclic) bond motifs is 3.